The second-order valence-electron chi connectivity index (χ2n) is 7.43. The molecule has 1 saturated heterocycles. The number of rotatable bonds is 4. The first kappa shape index (κ1) is 21.9. The molecule has 0 spiro atoms. The van der Waals surface area contributed by atoms with Crippen molar-refractivity contribution in [2.24, 2.45) is 0 Å². The number of nitrogens with zero attached hydrogens (tertiary/aromatic N) is 3. The summed E-state index contributed by atoms with van der Waals surface area (Å²) in [4.78, 5) is 14.4. The highest BCUT2D eigenvalue weighted by atomic mass is 35.5. The number of carbonyl (C=O) groups is 1. The van der Waals surface area contributed by atoms with E-state index in [4.69, 9.17) is 11.6 Å². The molecule has 2 heterocycles. The molecule has 2 aliphatic heterocycles. The van der Waals surface area contributed by atoms with Crippen LogP contribution in [0.4, 0.5) is 24.5 Å². The summed E-state index contributed by atoms with van der Waals surface area (Å²) >= 11 is 5.87. The first-order valence-electron chi connectivity index (χ1n) is 9.57. The second-order valence-corrected chi connectivity index (χ2v) is 9.80. The van der Waals surface area contributed by atoms with Crippen molar-refractivity contribution in [2.75, 3.05) is 42.5 Å². The fourth-order valence-corrected chi connectivity index (χ4v) is 5.63. The average molecular weight is 474 g/mol. The first-order chi connectivity index (χ1) is 14.6. The van der Waals surface area contributed by atoms with Gasteiger partial charge in [0.1, 0.15) is 0 Å². The Morgan fingerprint density at radius 3 is 2.32 bits per heavy atom. The lowest BCUT2D eigenvalue weighted by Gasteiger charge is -2.35. The zero-order valence-corrected chi connectivity index (χ0v) is 17.8. The van der Waals surface area contributed by atoms with Crippen LogP contribution in [0.5, 0.6) is 0 Å². The number of sulfonamides is 1. The molecule has 6 nitrogen and oxygen atoms in total. The van der Waals surface area contributed by atoms with E-state index < -0.39 is 21.8 Å². The highest BCUT2D eigenvalue weighted by Gasteiger charge is 2.33. The fourth-order valence-electron chi connectivity index (χ4n) is 3.93. The Bertz CT molecular complexity index is 1120. The molecule has 0 saturated carbocycles. The van der Waals surface area contributed by atoms with Crippen LogP contribution in [0.3, 0.4) is 0 Å². The molecule has 31 heavy (non-hydrogen) atoms. The van der Waals surface area contributed by atoms with Gasteiger partial charge < -0.3 is 9.80 Å². The number of hydrogen-bond acceptors (Lipinski definition) is 4. The molecule has 0 N–H and O–H groups in total. The van der Waals surface area contributed by atoms with Gasteiger partial charge in [-0.3, -0.25) is 4.79 Å². The summed E-state index contributed by atoms with van der Waals surface area (Å²) in [5.74, 6) is 0. The normalized spacial score (nSPS) is 17.7. The molecular formula is C20H19ClF3N3O3S. The Hall–Kier alpha value is -2.30. The van der Waals surface area contributed by atoms with E-state index in [9.17, 15) is 26.4 Å². The van der Waals surface area contributed by atoms with Crippen molar-refractivity contribution in [1.29, 1.82) is 0 Å². The van der Waals surface area contributed by atoms with E-state index in [1.54, 1.807) is 17.0 Å². The second kappa shape index (κ2) is 7.99. The molecule has 0 aromatic heterocycles. The van der Waals surface area contributed by atoms with Crippen molar-refractivity contribution in [2.45, 2.75) is 17.5 Å². The smallest absolute Gasteiger partial charge is 0.369 e. The van der Waals surface area contributed by atoms with Gasteiger partial charge >= 0.3 is 6.18 Å². The van der Waals surface area contributed by atoms with Gasteiger partial charge in [-0.25, -0.2) is 8.42 Å². The minimum Gasteiger partial charge on any atom is -0.369 e. The van der Waals surface area contributed by atoms with Crippen LogP contribution in [0, 0.1) is 0 Å². The van der Waals surface area contributed by atoms with Crippen LogP contribution in [-0.2, 0) is 27.4 Å². The monoisotopic (exact) mass is 473 g/mol. The van der Waals surface area contributed by atoms with Gasteiger partial charge in [-0.1, -0.05) is 11.6 Å². The van der Waals surface area contributed by atoms with Crippen LogP contribution in [0.15, 0.2) is 41.3 Å². The number of alkyl halides is 3. The van der Waals surface area contributed by atoms with E-state index in [2.05, 4.69) is 0 Å². The Morgan fingerprint density at radius 1 is 0.968 bits per heavy atom. The van der Waals surface area contributed by atoms with Gasteiger partial charge in [-0.05, 0) is 48.4 Å². The van der Waals surface area contributed by atoms with Gasteiger partial charge in [-0.15, -0.1) is 0 Å². The predicted molar refractivity (Wildman–Crippen MR) is 111 cm³/mol. The van der Waals surface area contributed by atoms with Crippen molar-refractivity contribution in [3.05, 3.63) is 52.5 Å². The van der Waals surface area contributed by atoms with Gasteiger partial charge in [0.2, 0.25) is 16.4 Å². The fraction of sp³-hybridized carbons (Fsp3) is 0.350. The van der Waals surface area contributed by atoms with Gasteiger partial charge in [-0.2, -0.15) is 17.5 Å². The largest absolute Gasteiger partial charge is 0.416 e. The summed E-state index contributed by atoms with van der Waals surface area (Å²) in [5, 5.41) is -0.0256. The molecule has 1 amide bonds. The lowest BCUT2D eigenvalue weighted by atomic mass is 10.1. The van der Waals surface area contributed by atoms with E-state index in [1.807, 2.05) is 0 Å². The Kier molecular flexibility index (Phi) is 5.65. The molecule has 0 bridgehead atoms. The zero-order valence-electron chi connectivity index (χ0n) is 16.3. The molecule has 2 aromatic rings. The maximum Gasteiger partial charge on any atom is 0.416 e. The topological polar surface area (TPSA) is 60.9 Å². The van der Waals surface area contributed by atoms with E-state index in [0.29, 0.717) is 24.3 Å². The molecule has 11 heteroatoms. The number of carbonyl (C=O) groups excluding carboxylic acids is 1. The van der Waals surface area contributed by atoms with Crippen LogP contribution in [0.2, 0.25) is 5.02 Å². The Labute approximate surface area is 182 Å². The Morgan fingerprint density at radius 2 is 1.68 bits per heavy atom. The maximum absolute atomic E-state index is 13.1. The van der Waals surface area contributed by atoms with Crippen LogP contribution in [0.25, 0.3) is 0 Å². The number of piperazine rings is 1. The third-order valence-electron chi connectivity index (χ3n) is 5.56. The molecule has 0 atom stereocenters. The van der Waals surface area contributed by atoms with Crippen molar-refractivity contribution in [3.8, 4) is 0 Å². The summed E-state index contributed by atoms with van der Waals surface area (Å²) in [6.45, 7) is 1.25. The number of benzene rings is 2. The summed E-state index contributed by atoms with van der Waals surface area (Å²) in [6, 6.07) is 8.04. The lowest BCUT2D eigenvalue weighted by molar-refractivity contribution is -0.137. The number of anilines is 2. The minimum atomic E-state index is -4.52. The SMILES string of the molecule is O=CN1CCc2cc(S(=O)(=O)N3CCN(c4cc(Cl)cc(C(F)(F)F)c4)CC3)ccc21. The highest BCUT2D eigenvalue weighted by molar-refractivity contribution is 7.89. The molecule has 2 aliphatic rings. The third-order valence-corrected chi connectivity index (χ3v) is 7.67. The zero-order chi connectivity index (χ0) is 22.4. The number of fused-ring (bicyclic) bond motifs is 1. The molecule has 0 radical (unpaired) electrons. The van der Waals surface area contributed by atoms with E-state index in [0.717, 1.165) is 24.1 Å². The summed E-state index contributed by atoms with van der Waals surface area (Å²) < 4.78 is 66.7. The average Bonchev–Trinajstić information content (AvgIpc) is 3.15. The van der Waals surface area contributed by atoms with Crippen LogP contribution < -0.4 is 9.80 Å². The van der Waals surface area contributed by atoms with Gasteiger partial charge in [0.15, 0.2) is 0 Å². The van der Waals surface area contributed by atoms with E-state index in [1.165, 1.54) is 21.3 Å². The standard InChI is InChI=1S/C20H19ClF3N3O3S/c21-16-10-15(20(22,23)24)11-17(12-16)25-5-7-27(8-6-25)31(29,30)18-1-2-19-14(9-18)3-4-26(19)13-28/h1-2,9-13H,3-8H2. The molecule has 1 fully saturated rings. The van der Waals surface area contributed by atoms with Crippen LogP contribution in [0.1, 0.15) is 11.1 Å². The van der Waals surface area contributed by atoms with Gasteiger partial charge in [0.25, 0.3) is 0 Å². The number of hydrogen-bond donors (Lipinski definition) is 0. The van der Waals surface area contributed by atoms with Crippen molar-refractivity contribution >= 4 is 39.4 Å². The summed E-state index contributed by atoms with van der Waals surface area (Å²) in [6.07, 6.45) is -3.21. The molecule has 166 valence electrons. The summed E-state index contributed by atoms with van der Waals surface area (Å²) in [5.41, 5.74) is 0.974. The van der Waals surface area contributed by atoms with Crippen molar-refractivity contribution < 1.29 is 26.4 Å². The van der Waals surface area contributed by atoms with Crippen LogP contribution in [-0.4, -0.2) is 51.9 Å². The minimum absolute atomic E-state index is 0.0256. The van der Waals surface area contributed by atoms with E-state index >= 15 is 0 Å². The molecule has 0 unspecified atom stereocenters. The van der Waals surface area contributed by atoms with Crippen LogP contribution >= 0.6 is 11.6 Å². The number of amides is 1. The quantitative estimate of drug-likeness (QED) is 0.639. The highest BCUT2D eigenvalue weighted by Crippen LogP contribution is 2.35. The third kappa shape index (κ3) is 4.24. The van der Waals surface area contributed by atoms with Gasteiger partial charge in [0.05, 0.1) is 10.5 Å². The molecule has 2 aromatic carbocycles. The Balaban J connectivity index is 1.50. The van der Waals surface area contributed by atoms with Gasteiger partial charge in [0, 0.05) is 49.1 Å². The first-order valence-corrected chi connectivity index (χ1v) is 11.4. The predicted octanol–water partition coefficient (Wildman–Crippen LogP) is 3.39. The number of halogens is 4. The van der Waals surface area contributed by atoms with E-state index in [-0.39, 0.29) is 36.1 Å². The molecule has 4 rings (SSSR count). The van der Waals surface area contributed by atoms with Crippen molar-refractivity contribution in [3.63, 3.8) is 0 Å². The lowest BCUT2D eigenvalue weighted by Crippen LogP contribution is -2.48. The molecular weight excluding hydrogens is 455 g/mol. The summed E-state index contributed by atoms with van der Waals surface area (Å²) in [7, 11) is -3.76. The molecule has 0 aliphatic carbocycles. The van der Waals surface area contributed by atoms with Crippen molar-refractivity contribution in [1.82, 2.24) is 4.31 Å². The maximum atomic E-state index is 13.1.